The van der Waals surface area contributed by atoms with Gasteiger partial charge in [-0.15, -0.1) is 0 Å². The van der Waals surface area contributed by atoms with Crippen molar-refractivity contribution in [3.63, 3.8) is 0 Å². The van der Waals surface area contributed by atoms with Crippen molar-refractivity contribution in [3.05, 3.63) is 60.2 Å². The van der Waals surface area contributed by atoms with E-state index in [0.29, 0.717) is 17.2 Å². The van der Waals surface area contributed by atoms with E-state index in [1.165, 1.54) is 0 Å². The minimum Gasteiger partial charge on any atom is -0.457 e. The van der Waals surface area contributed by atoms with E-state index in [9.17, 15) is 4.79 Å². The molecule has 1 heterocycles. The minimum absolute atomic E-state index is 0.0460. The van der Waals surface area contributed by atoms with Crippen LogP contribution in [0.2, 0.25) is 0 Å². The normalized spacial score (nSPS) is 15.4. The van der Waals surface area contributed by atoms with Crippen LogP contribution in [0, 0.1) is 5.92 Å². The summed E-state index contributed by atoms with van der Waals surface area (Å²) >= 11 is 0. The average molecular weight is 368 g/mol. The Morgan fingerprint density at radius 2 is 1.81 bits per heavy atom. The van der Waals surface area contributed by atoms with Crippen LogP contribution in [0.15, 0.2) is 54.6 Å². The van der Waals surface area contributed by atoms with E-state index in [4.69, 9.17) is 9.47 Å². The number of ether oxygens (including phenoxy) is 2. The molecule has 2 aromatic carbocycles. The summed E-state index contributed by atoms with van der Waals surface area (Å²) in [6, 6.07) is 16.9. The minimum atomic E-state index is -0.0460. The standard InChI is InChI=1S/C22H28N2O3/c1-26-15-14-24-12-10-18(11-13-24)17-23-22(25)19-6-5-9-21(16-19)27-20-7-3-2-4-8-20/h2-9,16,18H,10-15,17H2,1H3,(H,23,25). The zero-order valence-electron chi connectivity index (χ0n) is 15.9. The first-order chi connectivity index (χ1) is 13.2. The summed E-state index contributed by atoms with van der Waals surface area (Å²) in [5.41, 5.74) is 0.626. The Morgan fingerprint density at radius 3 is 2.56 bits per heavy atom. The molecule has 27 heavy (non-hydrogen) atoms. The maximum atomic E-state index is 12.5. The molecule has 1 saturated heterocycles. The van der Waals surface area contributed by atoms with Crippen LogP contribution in [0.25, 0.3) is 0 Å². The molecule has 0 spiro atoms. The molecule has 1 fully saturated rings. The van der Waals surface area contributed by atoms with Crippen LogP contribution in [0.4, 0.5) is 0 Å². The second-order valence-corrected chi connectivity index (χ2v) is 6.93. The van der Waals surface area contributed by atoms with Gasteiger partial charge in [0.2, 0.25) is 0 Å². The van der Waals surface area contributed by atoms with Gasteiger partial charge < -0.3 is 19.7 Å². The number of benzene rings is 2. The second-order valence-electron chi connectivity index (χ2n) is 6.93. The van der Waals surface area contributed by atoms with E-state index in [0.717, 1.165) is 51.4 Å². The second kappa shape index (κ2) is 10.1. The molecule has 3 rings (SSSR count). The lowest BCUT2D eigenvalue weighted by Crippen LogP contribution is -2.39. The van der Waals surface area contributed by atoms with Gasteiger partial charge in [0.25, 0.3) is 5.91 Å². The fourth-order valence-electron chi connectivity index (χ4n) is 3.30. The monoisotopic (exact) mass is 368 g/mol. The molecular formula is C22H28N2O3. The van der Waals surface area contributed by atoms with Crippen LogP contribution >= 0.6 is 0 Å². The van der Waals surface area contributed by atoms with Crippen LogP contribution < -0.4 is 10.1 Å². The van der Waals surface area contributed by atoms with E-state index in [1.807, 2.05) is 48.5 Å². The molecule has 1 aliphatic rings. The molecule has 1 amide bonds. The number of hydrogen-bond acceptors (Lipinski definition) is 4. The molecule has 0 bridgehead atoms. The molecule has 0 aromatic heterocycles. The van der Waals surface area contributed by atoms with Crippen molar-refractivity contribution in [2.75, 3.05) is 39.9 Å². The third kappa shape index (κ3) is 6.08. The number of nitrogens with zero attached hydrogens (tertiary/aromatic N) is 1. The highest BCUT2D eigenvalue weighted by Gasteiger charge is 2.19. The number of nitrogens with one attached hydrogen (secondary N) is 1. The molecule has 0 saturated carbocycles. The van der Waals surface area contributed by atoms with Crippen LogP contribution in [0.5, 0.6) is 11.5 Å². The maximum absolute atomic E-state index is 12.5. The summed E-state index contributed by atoms with van der Waals surface area (Å²) in [7, 11) is 1.74. The first-order valence-corrected chi connectivity index (χ1v) is 9.57. The quantitative estimate of drug-likeness (QED) is 0.774. The average Bonchev–Trinajstić information content (AvgIpc) is 2.72. The van der Waals surface area contributed by atoms with Crippen LogP contribution in [0.1, 0.15) is 23.2 Å². The van der Waals surface area contributed by atoms with Crippen LogP contribution in [0.3, 0.4) is 0 Å². The summed E-state index contributed by atoms with van der Waals surface area (Å²) in [6.45, 7) is 4.64. The predicted octanol–water partition coefficient (Wildman–Crippen LogP) is 3.57. The molecule has 5 heteroatoms. The lowest BCUT2D eigenvalue weighted by molar-refractivity contribution is 0.0925. The van der Waals surface area contributed by atoms with Crippen molar-refractivity contribution in [1.82, 2.24) is 10.2 Å². The predicted molar refractivity (Wildman–Crippen MR) is 106 cm³/mol. The van der Waals surface area contributed by atoms with E-state index in [1.54, 1.807) is 13.2 Å². The van der Waals surface area contributed by atoms with Gasteiger partial charge in [-0.05, 0) is 62.2 Å². The van der Waals surface area contributed by atoms with Crippen LogP contribution in [-0.2, 0) is 4.74 Å². The number of hydrogen-bond donors (Lipinski definition) is 1. The summed E-state index contributed by atoms with van der Waals surface area (Å²) in [5.74, 6) is 1.92. The Labute approximate surface area is 161 Å². The van der Waals surface area contributed by atoms with Gasteiger partial charge in [0, 0.05) is 25.8 Å². The maximum Gasteiger partial charge on any atom is 0.251 e. The Hall–Kier alpha value is -2.37. The van der Waals surface area contributed by atoms with Gasteiger partial charge in [0.05, 0.1) is 6.61 Å². The Morgan fingerprint density at radius 1 is 1.07 bits per heavy atom. The van der Waals surface area contributed by atoms with Gasteiger partial charge >= 0.3 is 0 Å². The topological polar surface area (TPSA) is 50.8 Å². The smallest absolute Gasteiger partial charge is 0.251 e. The van der Waals surface area contributed by atoms with E-state index in [-0.39, 0.29) is 5.91 Å². The van der Waals surface area contributed by atoms with Gasteiger partial charge in [-0.2, -0.15) is 0 Å². The van der Waals surface area contributed by atoms with Gasteiger partial charge in [0.1, 0.15) is 11.5 Å². The highest BCUT2D eigenvalue weighted by molar-refractivity contribution is 5.94. The SMILES string of the molecule is COCCN1CCC(CNC(=O)c2cccc(Oc3ccccc3)c2)CC1. The lowest BCUT2D eigenvalue weighted by Gasteiger charge is -2.31. The van der Waals surface area contributed by atoms with Crippen LogP contribution in [-0.4, -0.2) is 50.7 Å². The summed E-state index contributed by atoms with van der Waals surface area (Å²) in [4.78, 5) is 14.9. The highest BCUT2D eigenvalue weighted by Crippen LogP contribution is 2.22. The fourth-order valence-corrected chi connectivity index (χ4v) is 3.30. The Balaban J connectivity index is 1.47. The zero-order chi connectivity index (χ0) is 18.9. The number of methoxy groups -OCH3 is 1. The molecule has 5 nitrogen and oxygen atoms in total. The Bertz CT molecular complexity index is 713. The van der Waals surface area contributed by atoms with Crippen molar-refractivity contribution in [1.29, 1.82) is 0 Å². The number of likely N-dealkylation sites (tertiary alicyclic amines) is 1. The van der Waals surface area contributed by atoms with Gasteiger partial charge in [-0.3, -0.25) is 4.79 Å². The molecule has 0 unspecified atom stereocenters. The summed E-state index contributed by atoms with van der Waals surface area (Å²) < 4.78 is 10.9. The number of rotatable bonds is 8. The molecule has 1 N–H and O–H groups in total. The molecule has 0 aliphatic carbocycles. The molecule has 0 atom stereocenters. The van der Waals surface area contributed by atoms with Gasteiger partial charge in [0.15, 0.2) is 0 Å². The van der Waals surface area contributed by atoms with Gasteiger partial charge in [-0.25, -0.2) is 0 Å². The lowest BCUT2D eigenvalue weighted by atomic mass is 9.96. The van der Waals surface area contributed by atoms with Crippen molar-refractivity contribution in [3.8, 4) is 11.5 Å². The van der Waals surface area contributed by atoms with Gasteiger partial charge in [-0.1, -0.05) is 24.3 Å². The molecule has 2 aromatic rings. The molecular weight excluding hydrogens is 340 g/mol. The third-order valence-electron chi connectivity index (χ3n) is 4.95. The van der Waals surface area contributed by atoms with E-state index in [2.05, 4.69) is 10.2 Å². The highest BCUT2D eigenvalue weighted by atomic mass is 16.5. The Kier molecular flexibility index (Phi) is 7.25. The number of carbonyl (C=O) groups is 1. The summed E-state index contributed by atoms with van der Waals surface area (Å²) in [6.07, 6.45) is 2.22. The largest absolute Gasteiger partial charge is 0.457 e. The first-order valence-electron chi connectivity index (χ1n) is 9.57. The molecule has 144 valence electrons. The number of para-hydroxylation sites is 1. The van der Waals surface area contributed by atoms with Crippen molar-refractivity contribution in [2.45, 2.75) is 12.8 Å². The zero-order valence-corrected chi connectivity index (χ0v) is 15.9. The van der Waals surface area contributed by atoms with Crippen molar-refractivity contribution < 1.29 is 14.3 Å². The van der Waals surface area contributed by atoms with E-state index < -0.39 is 0 Å². The molecule has 1 aliphatic heterocycles. The van der Waals surface area contributed by atoms with Crippen molar-refractivity contribution in [2.24, 2.45) is 5.92 Å². The van der Waals surface area contributed by atoms with Crippen molar-refractivity contribution >= 4 is 5.91 Å². The summed E-state index contributed by atoms with van der Waals surface area (Å²) in [5, 5.41) is 3.08. The number of carbonyl (C=O) groups excluding carboxylic acids is 1. The fraction of sp³-hybridized carbons (Fsp3) is 0.409. The molecule has 0 radical (unpaired) electrons. The number of amides is 1. The first kappa shape index (κ1) is 19.4. The third-order valence-corrected chi connectivity index (χ3v) is 4.95. The van der Waals surface area contributed by atoms with E-state index >= 15 is 0 Å². The number of piperidine rings is 1.